The van der Waals surface area contributed by atoms with Crippen LogP contribution in [0.5, 0.6) is 0 Å². The Kier molecular flexibility index (Phi) is 5.79. The summed E-state index contributed by atoms with van der Waals surface area (Å²) < 4.78 is 0. The molecule has 104 valence electrons. The number of nitrogens with zero attached hydrogens (tertiary/aromatic N) is 1. The number of rotatable bonds is 4. The SMILES string of the molecule is CNC(=O)CN1CCC(NC2CCCSC2)CC1. The maximum Gasteiger partial charge on any atom is 0.233 e. The Bertz CT molecular complexity index is 261. The van der Waals surface area contributed by atoms with Gasteiger partial charge < -0.3 is 10.6 Å². The highest BCUT2D eigenvalue weighted by atomic mass is 32.2. The third kappa shape index (κ3) is 4.44. The van der Waals surface area contributed by atoms with Crippen LogP contribution in [0.2, 0.25) is 0 Å². The van der Waals surface area contributed by atoms with Crippen LogP contribution in [-0.2, 0) is 4.79 Å². The number of carbonyl (C=O) groups excluding carboxylic acids is 1. The number of hydrogen-bond acceptors (Lipinski definition) is 4. The summed E-state index contributed by atoms with van der Waals surface area (Å²) in [4.78, 5) is 13.6. The van der Waals surface area contributed by atoms with E-state index in [2.05, 4.69) is 27.3 Å². The van der Waals surface area contributed by atoms with Crippen molar-refractivity contribution in [3.05, 3.63) is 0 Å². The zero-order chi connectivity index (χ0) is 12.8. The molecule has 1 amide bonds. The van der Waals surface area contributed by atoms with Crippen molar-refractivity contribution in [1.82, 2.24) is 15.5 Å². The Balaban J connectivity index is 1.65. The molecule has 2 saturated heterocycles. The molecule has 0 aliphatic carbocycles. The average Bonchev–Trinajstić information content (AvgIpc) is 2.42. The Morgan fingerprint density at radius 3 is 2.67 bits per heavy atom. The molecule has 2 rings (SSSR count). The van der Waals surface area contributed by atoms with E-state index >= 15 is 0 Å². The van der Waals surface area contributed by atoms with Crippen molar-refractivity contribution in [1.29, 1.82) is 0 Å². The van der Waals surface area contributed by atoms with Gasteiger partial charge in [-0.25, -0.2) is 0 Å². The van der Waals surface area contributed by atoms with E-state index in [1.165, 1.54) is 37.2 Å². The highest BCUT2D eigenvalue weighted by molar-refractivity contribution is 7.99. The molecule has 1 unspecified atom stereocenters. The van der Waals surface area contributed by atoms with Gasteiger partial charge in [-0.1, -0.05) is 0 Å². The maximum absolute atomic E-state index is 11.3. The van der Waals surface area contributed by atoms with Crippen LogP contribution in [0, 0.1) is 0 Å². The summed E-state index contributed by atoms with van der Waals surface area (Å²) in [5.41, 5.74) is 0. The monoisotopic (exact) mass is 271 g/mol. The molecule has 0 aromatic carbocycles. The predicted octanol–water partition coefficient (Wildman–Crippen LogP) is 0.682. The molecule has 4 nitrogen and oxygen atoms in total. The van der Waals surface area contributed by atoms with Gasteiger partial charge in [0.25, 0.3) is 0 Å². The van der Waals surface area contributed by atoms with Crippen molar-refractivity contribution < 1.29 is 4.79 Å². The minimum absolute atomic E-state index is 0.130. The van der Waals surface area contributed by atoms with Gasteiger partial charge in [0, 0.05) is 38.0 Å². The molecule has 0 bridgehead atoms. The van der Waals surface area contributed by atoms with Gasteiger partial charge in [0.15, 0.2) is 0 Å². The van der Waals surface area contributed by atoms with E-state index in [4.69, 9.17) is 0 Å². The van der Waals surface area contributed by atoms with E-state index in [0.717, 1.165) is 19.1 Å². The largest absolute Gasteiger partial charge is 0.358 e. The van der Waals surface area contributed by atoms with E-state index in [0.29, 0.717) is 12.6 Å². The van der Waals surface area contributed by atoms with Crippen molar-refractivity contribution in [2.75, 3.05) is 38.2 Å². The number of carbonyl (C=O) groups is 1. The fourth-order valence-electron chi connectivity index (χ4n) is 2.75. The molecule has 2 aliphatic heterocycles. The van der Waals surface area contributed by atoms with Crippen molar-refractivity contribution in [3.8, 4) is 0 Å². The molecule has 0 saturated carbocycles. The third-order valence-corrected chi connectivity index (χ3v) is 5.08. The normalized spacial score (nSPS) is 27.1. The van der Waals surface area contributed by atoms with Crippen LogP contribution in [0.15, 0.2) is 0 Å². The van der Waals surface area contributed by atoms with Gasteiger partial charge in [0.05, 0.1) is 6.54 Å². The van der Waals surface area contributed by atoms with Crippen LogP contribution in [0.4, 0.5) is 0 Å². The lowest BCUT2D eigenvalue weighted by atomic mass is 10.0. The lowest BCUT2D eigenvalue weighted by Crippen LogP contribution is -2.49. The molecular weight excluding hydrogens is 246 g/mol. The summed E-state index contributed by atoms with van der Waals surface area (Å²) in [5.74, 6) is 2.74. The highest BCUT2D eigenvalue weighted by Gasteiger charge is 2.23. The first-order chi connectivity index (χ1) is 8.78. The molecule has 2 fully saturated rings. The van der Waals surface area contributed by atoms with Gasteiger partial charge in [-0.3, -0.25) is 9.69 Å². The number of hydrogen-bond donors (Lipinski definition) is 2. The first kappa shape index (κ1) is 14.2. The van der Waals surface area contributed by atoms with Crippen LogP contribution in [-0.4, -0.2) is 61.1 Å². The topological polar surface area (TPSA) is 44.4 Å². The lowest BCUT2D eigenvalue weighted by Gasteiger charge is -2.35. The second kappa shape index (κ2) is 7.36. The van der Waals surface area contributed by atoms with Crippen molar-refractivity contribution in [2.45, 2.75) is 37.8 Å². The van der Waals surface area contributed by atoms with E-state index in [1.54, 1.807) is 7.05 Å². The molecule has 0 radical (unpaired) electrons. The van der Waals surface area contributed by atoms with Gasteiger partial charge in [0.1, 0.15) is 0 Å². The molecule has 1 atom stereocenters. The summed E-state index contributed by atoms with van der Waals surface area (Å²) in [5, 5.41) is 6.49. The van der Waals surface area contributed by atoms with Crippen LogP contribution in [0.25, 0.3) is 0 Å². The quantitative estimate of drug-likeness (QED) is 0.789. The van der Waals surface area contributed by atoms with Crippen molar-refractivity contribution >= 4 is 17.7 Å². The molecular formula is C13H25N3OS. The standard InChI is InChI=1S/C13H25N3OS/c1-14-13(17)9-16-6-4-11(5-7-16)15-12-3-2-8-18-10-12/h11-12,15H,2-10H2,1H3,(H,14,17). The summed E-state index contributed by atoms with van der Waals surface area (Å²) >= 11 is 2.08. The molecule has 0 aromatic rings. The molecule has 2 heterocycles. The van der Waals surface area contributed by atoms with Crippen molar-refractivity contribution in [3.63, 3.8) is 0 Å². The average molecular weight is 271 g/mol. The fourth-order valence-corrected chi connectivity index (χ4v) is 3.83. The lowest BCUT2D eigenvalue weighted by molar-refractivity contribution is -0.122. The second-order valence-corrected chi connectivity index (χ2v) is 6.45. The summed E-state index contributed by atoms with van der Waals surface area (Å²) in [6.45, 7) is 2.65. The number of likely N-dealkylation sites (tertiary alicyclic amines) is 1. The maximum atomic E-state index is 11.3. The van der Waals surface area contributed by atoms with Gasteiger partial charge in [-0.2, -0.15) is 11.8 Å². The first-order valence-electron chi connectivity index (χ1n) is 7.04. The Labute approximate surface area is 114 Å². The number of nitrogens with one attached hydrogen (secondary N) is 2. The summed E-state index contributed by atoms with van der Waals surface area (Å²) in [7, 11) is 1.71. The van der Waals surface area contributed by atoms with Crippen LogP contribution >= 0.6 is 11.8 Å². The van der Waals surface area contributed by atoms with Gasteiger partial charge in [-0.05, 0) is 31.4 Å². The van der Waals surface area contributed by atoms with E-state index in [-0.39, 0.29) is 5.91 Å². The minimum atomic E-state index is 0.130. The molecule has 18 heavy (non-hydrogen) atoms. The van der Waals surface area contributed by atoms with Crippen LogP contribution in [0.3, 0.4) is 0 Å². The molecule has 2 N–H and O–H groups in total. The Morgan fingerprint density at radius 1 is 1.28 bits per heavy atom. The van der Waals surface area contributed by atoms with E-state index in [9.17, 15) is 4.79 Å². The number of piperidine rings is 1. The van der Waals surface area contributed by atoms with E-state index in [1.807, 2.05) is 0 Å². The van der Waals surface area contributed by atoms with Gasteiger partial charge in [0.2, 0.25) is 5.91 Å². The minimum Gasteiger partial charge on any atom is -0.358 e. The molecule has 5 heteroatoms. The van der Waals surface area contributed by atoms with Crippen LogP contribution in [0.1, 0.15) is 25.7 Å². The Morgan fingerprint density at radius 2 is 2.06 bits per heavy atom. The first-order valence-corrected chi connectivity index (χ1v) is 8.20. The van der Waals surface area contributed by atoms with Crippen LogP contribution < -0.4 is 10.6 Å². The van der Waals surface area contributed by atoms with Gasteiger partial charge >= 0.3 is 0 Å². The van der Waals surface area contributed by atoms with Crippen molar-refractivity contribution in [2.24, 2.45) is 0 Å². The summed E-state index contributed by atoms with van der Waals surface area (Å²) in [6, 6.07) is 1.38. The van der Waals surface area contributed by atoms with Gasteiger partial charge in [-0.15, -0.1) is 0 Å². The highest BCUT2D eigenvalue weighted by Crippen LogP contribution is 2.19. The smallest absolute Gasteiger partial charge is 0.233 e. The third-order valence-electron chi connectivity index (χ3n) is 3.87. The summed E-state index contributed by atoms with van der Waals surface area (Å²) in [6.07, 6.45) is 5.06. The zero-order valence-electron chi connectivity index (χ0n) is 11.3. The second-order valence-electron chi connectivity index (χ2n) is 5.30. The number of amides is 1. The number of likely N-dealkylation sites (N-methyl/N-ethyl adjacent to an activating group) is 1. The zero-order valence-corrected chi connectivity index (χ0v) is 12.1. The van der Waals surface area contributed by atoms with E-state index < -0.39 is 0 Å². The molecule has 0 spiro atoms. The molecule has 2 aliphatic rings. The molecule has 0 aromatic heterocycles. The fraction of sp³-hybridized carbons (Fsp3) is 0.923. The predicted molar refractivity (Wildman–Crippen MR) is 77.0 cm³/mol. The Hall–Kier alpha value is -0.260. The number of thioether (sulfide) groups is 1.